The minimum atomic E-state index is -0.900. The second-order valence-corrected chi connectivity index (χ2v) is 9.27. The number of amides is 3. The van der Waals surface area contributed by atoms with Gasteiger partial charge in [-0.05, 0) is 71.2 Å². The minimum absolute atomic E-state index is 0.222. The maximum Gasteiger partial charge on any atom is 0.329 e. The van der Waals surface area contributed by atoms with Gasteiger partial charge in [0, 0.05) is 17.3 Å². The summed E-state index contributed by atoms with van der Waals surface area (Å²) in [6, 6.07) is 17.7. The predicted octanol–water partition coefficient (Wildman–Crippen LogP) is 4.59. The standard InChI is InChI=1S/C27H26BrClN4O5/c1-3-37-23-12-19(15-31-33-27(36)26(35)30-14-18-9-7-17(2)8-10-18)11-22(28)25(23)38-16-24(34)32-21-6-4-5-20(29)13-21/h4-13,15H,3,14,16H2,1-2H3,(H,30,35)(H,32,34)(H,33,36)/b31-15-. The zero-order valence-corrected chi connectivity index (χ0v) is 23.1. The molecule has 0 aromatic heterocycles. The fraction of sp³-hybridized carbons (Fsp3) is 0.185. The third-order valence-electron chi connectivity index (χ3n) is 4.95. The molecule has 38 heavy (non-hydrogen) atoms. The van der Waals surface area contributed by atoms with E-state index in [9.17, 15) is 14.4 Å². The van der Waals surface area contributed by atoms with Crippen molar-refractivity contribution in [2.45, 2.75) is 20.4 Å². The van der Waals surface area contributed by atoms with Crippen molar-refractivity contribution in [3.8, 4) is 11.5 Å². The average molecular weight is 602 g/mol. The lowest BCUT2D eigenvalue weighted by Crippen LogP contribution is -2.37. The lowest BCUT2D eigenvalue weighted by molar-refractivity contribution is -0.139. The first-order valence-electron chi connectivity index (χ1n) is 11.6. The molecule has 0 unspecified atom stereocenters. The van der Waals surface area contributed by atoms with Gasteiger partial charge in [-0.2, -0.15) is 5.10 Å². The van der Waals surface area contributed by atoms with Crippen molar-refractivity contribution >= 4 is 57.2 Å². The van der Waals surface area contributed by atoms with Gasteiger partial charge in [-0.3, -0.25) is 14.4 Å². The minimum Gasteiger partial charge on any atom is -0.490 e. The van der Waals surface area contributed by atoms with Crippen LogP contribution in [0.4, 0.5) is 5.69 Å². The van der Waals surface area contributed by atoms with Gasteiger partial charge in [0.1, 0.15) is 0 Å². The largest absolute Gasteiger partial charge is 0.490 e. The summed E-state index contributed by atoms with van der Waals surface area (Å²) >= 11 is 9.36. The molecule has 0 heterocycles. The lowest BCUT2D eigenvalue weighted by Gasteiger charge is -2.14. The maximum atomic E-state index is 12.3. The van der Waals surface area contributed by atoms with Gasteiger partial charge in [-0.1, -0.05) is 47.5 Å². The molecule has 0 bridgehead atoms. The van der Waals surface area contributed by atoms with Crippen molar-refractivity contribution in [1.29, 1.82) is 0 Å². The molecule has 3 aromatic carbocycles. The quantitative estimate of drug-likeness (QED) is 0.178. The Morgan fingerprint density at radius 3 is 2.50 bits per heavy atom. The SMILES string of the molecule is CCOc1cc(/C=N\NC(=O)C(=O)NCc2ccc(C)cc2)cc(Br)c1OCC(=O)Nc1cccc(Cl)c1. The number of hydrogen-bond acceptors (Lipinski definition) is 6. The van der Waals surface area contributed by atoms with Crippen molar-refractivity contribution in [3.05, 3.63) is 86.8 Å². The van der Waals surface area contributed by atoms with Crippen LogP contribution in [0, 0.1) is 6.92 Å². The van der Waals surface area contributed by atoms with Crippen LogP contribution in [0.2, 0.25) is 5.02 Å². The van der Waals surface area contributed by atoms with E-state index in [1.807, 2.05) is 31.2 Å². The van der Waals surface area contributed by atoms with Gasteiger partial charge < -0.3 is 20.1 Å². The summed E-state index contributed by atoms with van der Waals surface area (Å²) in [4.78, 5) is 36.4. The van der Waals surface area contributed by atoms with E-state index >= 15 is 0 Å². The first kappa shape index (κ1) is 28.7. The van der Waals surface area contributed by atoms with Gasteiger partial charge in [0.25, 0.3) is 5.91 Å². The summed E-state index contributed by atoms with van der Waals surface area (Å²) in [5.41, 5.74) is 5.27. The molecular weight excluding hydrogens is 576 g/mol. The van der Waals surface area contributed by atoms with Crippen LogP contribution in [0.3, 0.4) is 0 Å². The van der Waals surface area contributed by atoms with Gasteiger partial charge >= 0.3 is 11.8 Å². The van der Waals surface area contributed by atoms with Crippen LogP contribution < -0.4 is 25.5 Å². The van der Waals surface area contributed by atoms with Gasteiger partial charge in [0.2, 0.25) is 0 Å². The number of anilines is 1. The highest BCUT2D eigenvalue weighted by Crippen LogP contribution is 2.36. The summed E-state index contributed by atoms with van der Waals surface area (Å²) in [5, 5.41) is 9.60. The van der Waals surface area contributed by atoms with Gasteiger partial charge in [0.05, 0.1) is 17.3 Å². The van der Waals surface area contributed by atoms with Crippen molar-refractivity contribution in [2.75, 3.05) is 18.5 Å². The molecule has 0 fully saturated rings. The Kier molecular flexibility index (Phi) is 10.7. The Labute approximate surface area is 233 Å². The Bertz CT molecular complexity index is 1330. The Hall–Kier alpha value is -3.89. The third kappa shape index (κ3) is 8.89. The second kappa shape index (κ2) is 14.2. The van der Waals surface area contributed by atoms with E-state index in [-0.39, 0.29) is 19.1 Å². The van der Waals surface area contributed by atoms with Crippen molar-refractivity contribution in [2.24, 2.45) is 5.10 Å². The van der Waals surface area contributed by atoms with Crippen LogP contribution in [0.25, 0.3) is 0 Å². The number of aryl methyl sites for hydroxylation is 1. The number of hydrogen-bond donors (Lipinski definition) is 3. The summed E-state index contributed by atoms with van der Waals surface area (Å²) in [6.07, 6.45) is 1.36. The Balaban J connectivity index is 1.57. The molecule has 0 radical (unpaired) electrons. The first-order chi connectivity index (χ1) is 18.2. The fourth-order valence-electron chi connectivity index (χ4n) is 3.15. The zero-order valence-electron chi connectivity index (χ0n) is 20.7. The van der Waals surface area contributed by atoms with E-state index in [0.717, 1.165) is 11.1 Å². The number of halogens is 2. The molecule has 0 spiro atoms. The zero-order chi connectivity index (χ0) is 27.5. The van der Waals surface area contributed by atoms with Crippen LogP contribution in [-0.2, 0) is 20.9 Å². The molecule has 0 aliphatic carbocycles. The predicted molar refractivity (Wildman–Crippen MR) is 150 cm³/mol. The van der Waals surface area contributed by atoms with Gasteiger partial charge in [-0.15, -0.1) is 0 Å². The lowest BCUT2D eigenvalue weighted by atomic mass is 10.1. The monoisotopic (exact) mass is 600 g/mol. The molecule has 0 aliphatic rings. The van der Waals surface area contributed by atoms with Gasteiger partial charge in [0.15, 0.2) is 18.1 Å². The molecule has 0 saturated heterocycles. The van der Waals surface area contributed by atoms with Crippen molar-refractivity contribution in [1.82, 2.24) is 10.7 Å². The van der Waals surface area contributed by atoms with E-state index < -0.39 is 11.8 Å². The molecular formula is C27H26BrClN4O5. The molecule has 198 valence electrons. The summed E-state index contributed by atoms with van der Waals surface area (Å²) in [7, 11) is 0. The van der Waals surface area contributed by atoms with E-state index in [1.165, 1.54) is 6.21 Å². The van der Waals surface area contributed by atoms with Crippen LogP contribution in [0.15, 0.2) is 70.2 Å². The summed E-state index contributed by atoms with van der Waals surface area (Å²) < 4.78 is 11.9. The van der Waals surface area contributed by atoms with Crippen LogP contribution >= 0.6 is 27.5 Å². The smallest absolute Gasteiger partial charge is 0.329 e. The summed E-state index contributed by atoms with van der Waals surface area (Å²) in [6.45, 7) is 4.06. The molecule has 3 rings (SSSR count). The number of benzene rings is 3. The fourth-order valence-corrected chi connectivity index (χ4v) is 3.92. The first-order valence-corrected chi connectivity index (χ1v) is 12.7. The Morgan fingerprint density at radius 2 is 1.79 bits per heavy atom. The van der Waals surface area contributed by atoms with Crippen LogP contribution in [-0.4, -0.2) is 37.1 Å². The molecule has 3 aromatic rings. The van der Waals surface area contributed by atoms with E-state index in [4.69, 9.17) is 21.1 Å². The molecule has 0 atom stereocenters. The number of nitrogens with one attached hydrogen (secondary N) is 3. The number of nitrogens with zero attached hydrogens (tertiary/aromatic N) is 1. The maximum absolute atomic E-state index is 12.3. The highest BCUT2D eigenvalue weighted by atomic mass is 79.9. The number of ether oxygens (including phenoxy) is 2. The Morgan fingerprint density at radius 1 is 1.03 bits per heavy atom. The molecule has 3 N–H and O–H groups in total. The van der Waals surface area contributed by atoms with E-state index in [1.54, 1.807) is 43.3 Å². The van der Waals surface area contributed by atoms with Crippen LogP contribution in [0.1, 0.15) is 23.6 Å². The molecule has 9 nitrogen and oxygen atoms in total. The van der Waals surface area contributed by atoms with E-state index in [0.29, 0.717) is 38.9 Å². The number of hydrazone groups is 1. The third-order valence-corrected chi connectivity index (χ3v) is 5.77. The van der Waals surface area contributed by atoms with Gasteiger partial charge in [-0.25, -0.2) is 5.43 Å². The normalized spacial score (nSPS) is 10.6. The van der Waals surface area contributed by atoms with Crippen LogP contribution in [0.5, 0.6) is 11.5 Å². The molecule has 0 saturated carbocycles. The molecule has 3 amide bonds. The summed E-state index contributed by atoms with van der Waals surface area (Å²) in [5.74, 6) is -1.40. The molecule has 11 heteroatoms. The number of rotatable bonds is 10. The highest BCUT2D eigenvalue weighted by Gasteiger charge is 2.15. The second-order valence-electron chi connectivity index (χ2n) is 7.98. The number of carbonyl (C=O) groups excluding carboxylic acids is 3. The van der Waals surface area contributed by atoms with E-state index in [2.05, 4.69) is 37.1 Å². The van der Waals surface area contributed by atoms with Crippen molar-refractivity contribution < 1.29 is 23.9 Å². The molecule has 0 aliphatic heterocycles. The number of carbonyl (C=O) groups is 3. The average Bonchev–Trinajstić information content (AvgIpc) is 2.88. The topological polar surface area (TPSA) is 118 Å². The van der Waals surface area contributed by atoms with Crippen molar-refractivity contribution in [3.63, 3.8) is 0 Å². The highest BCUT2D eigenvalue weighted by molar-refractivity contribution is 9.10.